The monoisotopic (exact) mass is 428 g/mol. The standard InChI is InChI=1S/C22H25FN4O2S/c23-18-4-2-1-3-17(18)15-5-10-27(11-6-15)19-13-16-7-12-30(29)20(16)21(25-19)26-22(8-9-22)14-24-28/h1-4,13,15H,5-12,14H2,(H,25,26). The van der Waals surface area contributed by atoms with Gasteiger partial charge in [-0.25, -0.2) is 9.37 Å². The smallest absolute Gasteiger partial charge is 0.145 e. The average molecular weight is 429 g/mol. The number of hydrogen-bond donors (Lipinski definition) is 1. The summed E-state index contributed by atoms with van der Waals surface area (Å²) >= 11 is 0. The number of aromatic nitrogens is 1. The highest BCUT2D eigenvalue weighted by atomic mass is 32.2. The highest BCUT2D eigenvalue weighted by Gasteiger charge is 2.44. The van der Waals surface area contributed by atoms with Gasteiger partial charge in [-0.1, -0.05) is 23.4 Å². The van der Waals surface area contributed by atoms with Crippen LogP contribution in [0.15, 0.2) is 40.4 Å². The van der Waals surface area contributed by atoms with E-state index in [1.165, 1.54) is 6.07 Å². The molecule has 8 heteroatoms. The molecule has 0 radical (unpaired) electrons. The quantitative estimate of drug-likeness (QED) is 0.705. The third-order valence-electron chi connectivity index (χ3n) is 6.59. The second kappa shape index (κ2) is 7.72. The summed E-state index contributed by atoms with van der Waals surface area (Å²) in [5, 5.41) is 6.49. The Balaban J connectivity index is 1.38. The van der Waals surface area contributed by atoms with Crippen molar-refractivity contribution in [3.63, 3.8) is 0 Å². The fourth-order valence-electron chi connectivity index (χ4n) is 4.64. The molecule has 1 aromatic heterocycles. The summed E-state index contributed by atoms with van der Waals surface area (Å²) in [5.74, 6) is 2.23. The molecule has 1 aliphatic carbocycles. The van der Waals surface area contributed by atoms with E-state index in [0.29, 0.717) is 11.6 Å². The van der Waals surface area contributed by atoms with Gasteiger partial charge in [0, 0.05) is 18.8 Å². The molecule has 0 bridgehead atoms. The van der Waals surface area contributed by atoms with Gasteiger partial charge in [-0.2, -0.15) is 4.91 Å². The molecule has 6 nitrogen and oxygen atoms in total. The molecule has 158 valence electrons. The summed E-state index contributed by atoms with van der Waals surface area (Å²) in [7, 11) is -1.06. The van der Waals surface area contributed by atoms with Gasteiger partial charge in [0.15, 0.2) is 0 Å². The van der Waals surface area contributed by atoms with E-state index < -0.39 is 10.8 Å². The van der Waals surface area contributed by atoms with Crippen LogP contribution in [0.4, 0.5) is 16.0 Å². The highest BCUT2D eigenvalue weighted by Crippen LogP contribution is 2.42. The number of nitroso groups, excluding NO2 is 1. The topological polar surface area (TPSA) is 74.7 Å². The van der Waals surface area contributed by atoms with Crippen LogP contribution in [0.5, 0.6) is 0 Å². The van der Waals surface area contributed by atoms with Gasteiger partial charge in [0.2, 0.25) is 0 Å². The zero-order valence-electron chi connectivity index (χ0n) is 16.8. The molecule has 3 heterocycles. The molecule has 1 atom stereocenters. The van der Waals surface area contributed by atoms with Crippen molar-refractivity contribution in [2.75, 3.05) is 35.6 Å². The van der Waals surface area contributed by atoms with Gasteiger partial charge >= 0.3 is 0 Å². The van der Waals surface area contributed by atoms with Crippen molar-refractivity contribution >= 4 is 22.4 Å². The van der Waals surface area contributed by atoms with Gasteiger partial charge < -0.3 is 10.2 Å². The summed E-state index contributed by atoms with van der Waals surface area (Å²) < 4.78 is 26.7. The molecule has 1 unspecified atom stereocenters. The van der Waals surface area contributed by atoms with E-state index >= 15 is 0 Å². The fourth-order valence-corrected chi connectivity index (χ4v) is 6.01. The molecule has 1 aromatic carbocycles. The Labute approximate surface area is 177 Å². The van der Waals surface area contributed by atoms with Crippen molar-refractivity contribution in [2.45, 2.75) is 48.5 Å². The van der Waals surface area contributed by atoms with Gasteiger partial charge in [-0.15, -0.1) is 0 Å². The number of nitrogens with zero attached hydrogens (tertiary/aromatic N) is 3. The zero-order valence-corrected chi connectivity index (χ0v) is 17.6. The molecule has 3 aliphatic rings. The Kier molecular flexibility index (Phi) is 5.05. The van der Waals surface area contributed by atoms with Gasteiger partial charge in [-0.05, 0) is 61.3 Å². The predicted octanol–water partition coefficient (Wildman–Crippen LogP) is 3.98. The lowest BCUT2D eigenvalue weighted by atomic mass is 9.89. The van der Waals surface area contributed by atoms with Crippen molar-refractivity contribution in [3.05, 3.63) is 52.2 Å². The minimum atomic E-state index is -1.06. The van der Waals surface area contributed by atoms with E-state index in [9.17, 15) is 13.5 Å². The maximum Gasteiger partial charge on any atom is 0.145 e. The molecule has 1 saturated carbocycles. The second-order valence-corrected chi connectivity index (χ2v) is 10.1. The maximum atomic E-state index is 14.2. The molecule has 0 spiro atoms. The highest BCUT2D eigenvalue weighted by molar-refractivity contribution is 7.85. The second-order valence-electron chi connectivity index (χ2n) is 8.59. The number of rotatable bonds is 6. The molecular formula is C22H25FN4O2S. The van der Waals surface area contributed by atoms with E-state index in [2.05, 4.69) is 21.5 Å². The van der Waals surface area contributed by atoms with Crippen LogP contribution in [0.2, 0.25) is 0 Å². The first-order chi connectivity index (χ1) is 14.6. The fraction of sp³-hybridized carbons (Fsp3) is 0.500. The minimum Gasteiger partial charge on any atom is -0.362 e. The molecule has 2 fully saturated rings. The summed E-state index contributed by atoms with van der Waals surface area (Å²) in [6.07, 6.45) is 4.26. The van der Waals surface area contributed by atoms with Crippen LogP contribution >= 0.6 is 0 Å². The van der Waals surface area contributed by atoms with Gasteiger partial charge in [0.05, 0.1) is 21.2 Å². The largest absolute Gasteiger partial charge is 0.362 e. The molecule has 0 amide bonds. The third-order valence-corrected chi connectivity index (χ3v) is 8.08. The van der Waals surface area contributed by atoms with E-state index in [-0.39, 0.29) is 23.8 Å². The summed E-state index contributed by atoms with van der Waals surface area (Å²) in [6, 6.07) is 9.10. The van der Waals surface area contributed by atoms with Crippen LogP contribution in [0.1, 0.15) is 42.7 Å². The maximum absolute atomic E-state index is 14.2. The van der Waals surface area contributed by atoms with Crippen molar-refractivity contribution < 1.29 is 8.60 Å². The lowest BCUT2D eigenvalue weighted by Gasteiger charge is -2.34. The predicted molar refractivity (Wildman–Crippen MR) is 116 cm³/mol. The molecule has 30 heavy (non-hydrogen) atoms. The van der Waals surface area contributed by atoms with Crippen LogP contribution < -0.4 is 10.2 Å². The first kappa shape index (κ1) is 19.6. The van der Waals surface area contributed by atoms with E-state index in [4.69, 9.17) is 4.98 Å². The Hall–Kier alpha value is -2.35. The molecule has 5 rings (SSSR count). The average Bonchev–Trinajstić information content (AvgIpc) is 3.40. The number of hydrogen-bond acceptors (Lipinski definition) is 6. The zero-order chi connectivity index (χ0) is 20.7. The third kappa shape index (κ3) is 3.62. The molecule has 1 N–H and O–H groups in total. The number of anilines is 2. The van der Waals surface area contributed by atoms with Gasteiger partial charge in [0.1, 0.15) is 24.0 Å². The van der Waals surface area contributed by atoms with E-state index in [1.807, 2.05) is 12.1 Å². The van der Waals surface area contributed by atoms with Crippen LogP contribution in [-0.4, -0.2) is 40.1 Å². The molecule has 1 saturated heterocycles. The minimum absolute atomic E-state index is 0.126. The number of halogens is 1. The lowest BCUT2D eigenvalue weighted by Crippen LogP contribution is -2.34. The number of piperidine rings is 1. The van der Waals surface area contributed by atoms with Crippen molar-refractivity contribution in [1.29, 1.82) is 0 Å². The van der Waals surface area contributed by atoms with Crippen LogP contribution in [0, 0.1) is 10.7 Å². The van der Waals surface area contributed by atoms with E-state index in [0.717, 1.165) is 67.0 Å². The number of benzene rings is 1. The molecular weight excluding hydrogens is 403 g/mol. The van der Waals surface area contributed by atoms with Gasteiger partial charge in [0.25, 0.3) is 0 Å². The van der Waals surface area contributed by atoms with Crippen LogP contribution in [-0.2, 0) is 17.2 Å². The summed E-state index contributed by atoms with van der Waals surface area (Å²) in [6.45, 7) is 1.80. The molecule has 2 aromatic rings. The van der Waals surface area contributed by atoms with Crippen molar-refractivity contribution in [2.24, 2.45) is 5.18 Å². The lowest BCUT2D eigenvalue weighted by molar-refractivity contribution is 0.479. The normalized spacial score (nSPS) is 22.6. The summed E-state index contributed by atoms with van der Waals surface area (Å²) in [4.78, 5) is 18.7. The SMILES string of the molecule is O=NCC1(Nc2nc(N3CCC(c4ccccc4F)CC3)cc3c2S(=O)CC3)CC1. The van der Waals surface area contributed by atoms with Crippen molar-refractivity contribution in [1.82, 2.24) is 4.98 Å². The van der Waals surface area contributed by atoms with Crippen molar-refractivity contribution in [3.8, 4) is 0 Å². The Morgan fingerprint density at radius 2 is 2.03 bits per heavy atom. The van der Waals surface area contributed by atoms with Gasteiger partial charge in [-0.3, -0.25) is 4.21 Å². The Bertz CT molecular complexity index is 1000. The number of fused-ring (bicyclic) bond motifs is 1. The molecule has 2 aliphatic heterocycles. The Morgan fingerprint density at radius 3 is 2.73 bits per heavy atom. The number of pyridine rings is 1. The Morgan fingerprint density at radius 1 is 1.27 bits per heavy atom. The first-order valence-corrected chi connectivity index (χ1v) is 11.9. The van der Waals surface area contributed by atoms with E-state index in [1.54, 1.807) is 6.07 Å². The number of aryl methyl sites for hydroxylation is 1. The summed E-state index contributed by atoms with van der Waals surface area (Å²) in [5.41, 5.74) is 1.55. The number of nitrogens with one attached hydrogen (secondary N) is 1. The first-order valence-electron chi connectivity index (χ1n) is 10.6. The van der Waals surface area contributed by atoms with Crippen LogP contribution in [0.3, 0.4) is 0 Å². The van der Waals surface area contributed by atoms with Crippen LogP contribution in [0.25, 0.3) is 0 Å².